The van der Waals surface area contributed by atoms with Gasteiger partial charge in [-0.2, -0.15) is 0 Å². The number of sulfone groups is 1. The van der Waals surface area contributed by atoms with Crippen LogP contribution in [0.15, 0.2) is 58.3 Å². The van der Waals surface area contributed by atoms with Gasteiger partial charge in [0.05, 0.1) is 15.9 Å². The van der Waals surface area contributed by atoms with E-state index in [1.165, 1.54) is 0 Å². The fraction of sp³-hybridized carbons (Fsp3) is 0.278. The van der Waals surface area contributed by atoms with Crippen LogP contribution >= 0.6 is 0 Å². The number of fused-ring (bicyclic) bond motifs is 1. The number of carbonyl (C=O) groups is 1. The Morgan fingerprint density at radius 2 is 1.87 bits per heavy atom. The Bertz CT molecular complexity index is 797. The summed E-state index contributed by atoms with van der Waals surface area (Å²) in [6, 6.07) is 13.6. The first-order valence-electron chi connectivity index (χ1n) is 7.61. The fourth-order valence-corrected chi connectivity index (χ4v) is 4.31. The first-order valence-corrected chi connectivity index (χ1v) is 9.09. The Kier molecular flexibility index (Phi) is 4.59. The van der Waals surface area contributed by atoms with Gasteiger partial charge in [-0.1, -0.05) is 24.3 Å². The molecule has 1 atom stereocenters. The lowest BCUT2D eigenvalue weighted by atomic mass is 9.89. The van der Waals surface area contributed by atoms with Crippen molar-refractivity contribution in [3.8, 4) is 0 Å². The molecule has 3 rings (SSSR count). The van der Waals surface area contributed by atoms with Crippen LogP contribution in [0.5, 0.6) is 0 Å². The van der Waals surface area contributed by atoms with Crippen LogP contribution in [0, 0.1) is 0 Å². The summed E-state index contributed by atoms with van der Waals surface area (Å²) in [5.74, 6) is 0. The summed E-state index contributed by atoms with van der Waals surface area (Å²) in [7, 11) is -3.50. The summed E-state index contributed by atoms with van der Waals surface area (Å²) in [6.07, 6.45) is 3.21. The van der Waals surface area contributed by atoms with E-state index < -0.39 is 9.84 Å². The van der Waals surface area contributed by atoms with Gasteiger partial charge < -0.3 is 9.53 Å². The third-order valence-corrected chi connectivity index (χ3v) is 5.87. The summed E-state index contributed by atoms with van der Waals surface area (Å²) in [5.41, 5.74) is 1.98. The van der Waals surface area contributed by atoms with Gasteiger partial charge in [-0.15, -0.1) is 0 Å². The average molecular weight is 330 g/mol. The number of aryl methyl sites for hydroxylation is 1. The van der Waals surface area contributed by atoms with Crippen molar-refractivity contribution < 1.29 is 17.9 Å². The Balaban J connectivity index is 1.96. The zero-order valence-corrected chi connectivity index (χ0v) is 13.5. The van der Waals surface area contributed by atoms with Gasteiger partial charge in [-0.3, -0.25) is 0 Å². The SMILES string of the molecule is O=CCOC1CCCc2cc(S(=O)(=O)c3ccccc3)ccc21. The largest absolute Gasteiger partial charge is 0.366 e. The zero-order chi connectivity index (χ0) is 16.3. The molecule has 0 aromatic heterocycles. The van der Waals surface area contributed by atoms with Gasteiger partial charge in [0.1, 0.15) is 12.9 Å². The summed E-state index contributed by atoms with van der Waals surface area (Å²) in [5, 5.41) is 0. The third-order valence-electron chi connectivity index (χ3n) is 4.10. The molecule has 5 heteroatoms. The van der Waals surface area contributed by atoms with Crippen LogP contribution in [0.25, 0.3) is 0 Å². The molecule has 0 spiro atoms. The lowest BCUT2D eigenvalue weighted by Crippen LogP contribution is -2.15. The summed E-state index contributed by atoms with van der Waals surface area (Å²) >= 11 is 0. The molecule has 1 unspecified atom stereocenters. The standard InChI is InChI=1S/C18H18O4S/c19-11-12-22-18-8-4-5-14-13-16(9-10-17(14)18)23(20,21)15-6-2-1-3-7-15/h1-3,6-7,9-11,13,18H,4-5,8,12H2. The third kappa shape index (κ3) is 3.21. The highest BCUT2D eigenvalue weighted by atomic mass is 32.2. The fourth-order valence-electron chi connectivity index (χ4n) is 2.98. The molecule has 1 aliphatic rings. The molecule has 120 valence electrons. The van der Waals surface area contributed by atoms with Gasteiger partial charge in [0.25, 0.3) is 0 Å². The number of benzene rings is 2. The Morgan fingerprint density at radius 3 is 2.61 bits per heavy atom. The maximum Gasteiger partial charge on any atom is 0.206 e. The van der Waals surface area contributed by atoms with Gasteiger partial charge in [0, 0.05) is 0 Å². The second kappa shape index (κ2) is 6.64. The van der Waals surface area contributed by atoms with Gasteiger partial charge >= 0.3 is 0 Å². The minimum absolute atomic E-state index is 0.0637. The molecule has 0 heterocycles. The van der Waals surface area contributed by atoms with Crippen LogP contribution in [-0.4, -0.2) is 21.3 Å². The van der Waals surface area contributed by atoms with Crippen molar-refractivity contribution in [1.82, 2.24) is 0 Å². The molecular weight excluding hydrogens is 312 g/mol. The molecule has 0 N–H and O–H groups in total. The summed E-state index contributed by atoms with van der Waals surface area (Å²) in [4.78, 5) is 11.1. The van der Waals surface area contributed by atoms with Gasteiger partial charge in [0.15, 0.2) is 0 Å². The Labute approximate surface area is 136 Å². The van der Waals surface area contributed by atoms with Crippen molar-refractivity contribution in [2.45, 2.75) is 35.2 Å². The maximum absolute atomic E-state index is 12.7. The van der Waals surface area contributed by atoms with E-state index in [2.05, 4.69) is 0 Å². The van der Waals surface area contributed by atoms with Crippen LogP contribution in [0.2, 0.25) is 0 Å². The smallest absolute Gasteiger partial charge is 0.206 e. The quantitative estimate of drug-likeness (QED) is 0.790. The molecule has 1 aliphatic carbocycles. The molecule has 23 heavy (non-hydrogen) atoms. The minimum Gasteiger partial charge on any atom is -0.366 e. The van der Waals surface area contributed by atoms with E-state index in [4.69, 9.17) is 4.74 Å². The highest BCUT2D eigenvalue weighted by Crippen LogP contribution is 2.34. The molecular formula is C18H18O4S. The predicted octanol–water partition coefficient (Wildman–Crippen LogP) is 3.11. The topological polar surface area (TPSA) is 60.4 Å². The number of hydrogen-bond donors (Lipinski definition) is 0. The molecule has 4 nitrogen and oxygen atoms in total. The first kappa shape index (κ1) is 15.9. The molecule has 0 bridgehead atoms. The van der Waals surface area contributed by atoms with E-state index in [1.807, 2.05) is 6.07 Å². The van der Waals surface area contributed by atoms with Crippen LogP contribution in [0.4, 0.5) is 0 Å². The molecule has 0 aliphatic heterocycles. The van der Waals surface area contributed by atoms with Crippen molar-refractivity contribution >= 4 is 16.1 Å². The normalized spacial score (nSPS) is 17.5. The van der Waals surface area contributed by atoms with Crippen LogP contribution in [0.3, 0.4) is 0 Å². The van der Waals surface area contributed by atoms with Crippen molar-refractivity contribution in [2.24, 2.45) is 0 Å². The Hall–Kier alpha value is -1.98. The van der Waals surface area contributed by atoms with E-state index in [0.29, 0.717) is 9.79 Å². The molecule has 0 fully saturated rings. The molecule has 0 radical (unpaired) electrons. The number of ether oxygens (including phenoxy) is 1. The lowest BCUT2D eigenvalue weighted by Gasteiger charge is -2.25. The van der Waals surface area contributed by atoms with Crippen molar-refractivity contribution in [1.29, 1.82) is 0 Å². The number of carbonyl (C=O) groups excluding carboxylic acids is 1. The van der Waals surface area contributed by atoms with Crippen LogP contribution in [-0.2, 0) is 25.8 Å². The number of rotatable bonds is 5. The van der Waals surface area contributed by atoms with Crippen LogP contribution < -0.4 is 0 Å². The van der Waals surface area contributed by atoms with E-state index in [1.54, 1.807) is 42.5 Å². The van der Waals surface area contributed by atoms with E-state index >= 15 is 0 Å². The average Bonchev–Trinajstić information content (AvgIpc) is 2.60. The highest BCUT2D eigenvalue weighted by molar-refractivity contribution is 7.91. The van der Waals surface area contributed by atoms with Crippen molar-refractivity contribution in [2.75, 3.05) is 6.61 Å². The Morgan fingerprint density at radius 1 is 1.09 bits per heavy atom. The van der Waals surface area contributed by atoms with Gasteiger partial charge in [-0.25, -0.2) is 8.42 Å². The molecule has 0 saturated heterocycles. The molecule has 2 aromatic rings. The van der Waals surface area contributed by atoms with E-state index in [0.717, 1.165) is 36.7 Å². The lowest BCUT2D eigenvalue weighted by molar-refractivity contribution is -0.114. The van der Waals surface area contributed by atoms with E-state index in [9.17, 15) is 13.2 Å². The zero-order valence-electron chi connectivity index (χ0n) is 12.6. The van der Waals surface area contributed by atoms with E-state index in [-0.39, 0.29) is 12.7 Å². The summed E-state index contributed by atoms with van der Waals surface area (Å²) < 4.78 is 30.9. The first-order chi connectivity index (χ1) is 11.1. The molecule has 2 aromatic carbocycles. The van der Waals surface area contributed by atoms with Crippen molar-refractivity contribution in [3.63, 3.8) is 0 Å². The van der Waals surface area contributed by atoms with Crippen LogP contribution in [0.1, 0.15) is 30.1 Å². The second-order valence-corrected chi connectivity index (χ2v) is 7.51. The van der Waals surface area contributed by atoms with Gasteiger partial charge in [-0.05, 0) is 54.7 Å². The molecule has 0 amide bonds. The monoisotopic (exact) mass is 330 g/mol. The maximum atomic E-state index is 12.7. The predicted molar refractivity (Wildman–Crippen MR) is 86.0 cm³/mol. The van der Waals surface area contributed by atoms with Gasteiger partial charge in [0.2, 0.25) is 9.84 Å². The summed E-state index contributed by atoms with van der Waals surface area (Å²) in [6.45, 7) is 0.0637. The minimum atomic E-state index is -3.50. The highest BCUT2D eigenvalue weighted by Gasteiger charge is 2.24. The second-order valence-electron chi connectivity index (χ2n) is 5.56. The van der Waals surface area contributed by atoms with Crippen molar-refractivity contribution in [3.05, 3.63) is 59.7 Å². The number of aldehydes is 1. The molecule has 0 saturated carbocycles. The number of hydrogen-bond acceptors (Lipinski definition) is 4.